The average molecular weight is 259 g/mol. The second kappa shape index (κ2) is 6.20. The molecule has 0 bridgehead atoms. The molecule has 100 valence electrons. The van der Waals surface area contributed by atoms with Crippen molar-refractivity contribution in [1.29, 1.82) is 0 Å². The van der Waals surface area contributed by atoms with E-state index in [0.29, 0.717) is 12.1 Å². The second-order valence-electron chi connectivity index (χ2n) is 4.44. The number of benzene rings is 1. The minimum Gasteiger partial charge on any atom is -0.478 e. The summed E-state index contributed by atoms with van der Waals surface area (Å²) in [5, 5.41) is 12.2. The molecule has 0 atom stereocenters. The van der Waals surface area contributed by atoms with E-state index in [2.05, 4.69) is 5.32 Å². The van der Waals surface area contributed by atoms with E-state index in [1.165, 1.54) is 0 Å². The number of rotatable bonds is 6. The van der Waals surface area contributed by atoms with Crippen molar-refractivity contribution in [2.75, 3.05) is 6.54 Å². The van der Waals surface area contributed by atoms with Gasteiger partial charge in [0.05, 0.1) is 5.56 Å². The van der Waals surface area contributed by atoms with Gasteiger partial charge in [-0.25, -0.2) is 4.79 Å². The number of furan rings is 1. The quantitative estimate of drug-likeness (QED) is 0.783. The Morgan fingerprint density at radius 2 is 2.16 bits per heavy atom. The zero-order valence-corrected chi connectivity index (χ0v) is 10.8. The molecule has 0 unspecified atom stereocenters. The first-order valence-corrected chi connectivity index (χ1v) is 6.23. The summed E-state index contributed by atoms with van der Waals surface area (Å²) >= 11 is 0. The summed E-state index contributed by atoms with van der Waals surface area (Å²) in [5.74, 6) is 0.987. The molecule has 0 fully saturated rings. The van der Waals surface area contributed by atoms with Crippen LogP contribution < -0.4 is 5.32 Å². The first-order chi connectivity index (χ1) is 9.15. The van der Waals surface area contributed by atoms with E-state index < -0.39 is 5.97 Å². The van der Waals surface area contributed by atoms with Crippen LogP contribution in [0.3, 0.4) is 0 Å². The number of aryl methyl sites for hydroxylation is 1. The van der Waals surface area contributed by atoms with Gasteiger partial charge in [-0.15, -0.1) is 0 Å². The molecule has 1 aromatic carbocycles. The number of carbonyl (C=O) groups is 1. The molecule has 0 aliphatic carbocycles. The minimum absolute atomic E-state index is 0.320. The van der Waals surface area contributed by atoms with Crippen LogP contribution in [-0.2, 0) is 13.0 Å². The van der Waals surface area contributed by atoms with Crippen LogP contribution in [0.4, 0.5) is 0 Å². The van der Waals surface area contributed by atoms with Crippen LogP contribution >= 0.6 is 0 Å². The molecular weight excluding hydrogens is 242 g/mol. The van der Waals surface area contributed by atoms with Crippen molar-refractivity contribution in [3.05, 3.63) is 59.0 Å². The molecule has 4 heteroatoms. The van der Waals surface area contributed by atoms with E-state index in [0.717, 1.165) is 30.0 Å². The summed E-state index contributed by atoms with van der Waals surface area (Å²) in [6.45, 7) is 3.37. The van der Waals surface area contributed by atoms with E-state index >= 15 is 0 Å². The maximum atomic E-state index is 10.8. The number of carboxylic acid groups (broad SMARTS) is 1. The number of hydrogen-bond acceptors (Lipinski definition) is 3. The maximum Gasteiger partial charge on any atom is 0.335 e. The van der Waals surface area contributed by atoms with Crippen molar-refractivity contribution in [1.82, 2.24) is 5.32 Å². The largest absolute Gasteiger partial charge is 0.478 e. The Morgan fingerprint density at radius 1 is 1.32 bits per heavy atom. The summed E-state index contributed by atoms with van der Waals surface area (Å²) in [7, 11) is 0. The monoisotopic (exact) mass is 259 g/mol. The van der Waals surface area contributed by atoms with Crippen LogP contribution in [0.15, 0.2) is 40.8 Å². The molecule has 2 N–H and O–H groups in total. The molecule has 0 amide bonds. The van der Waals surface area contributed by atoms with Crippen molar-refractivity contribution in [3.63, 3.8) is 0 Å². The SMILES string of the molecule is Cc1ccc(CCNCc2cccc(C(=O)O)c2)o1. The van der Waals surface area contributed by atoms with E-state index in [1.54, 1.807) is 18.2 Å². The third-order valence-electron chi connectivity index (χ3n) is 2.85. The summed E-state index contributed by atoms with van der Waals surface area (Å²) < 4.78 is 5.47. The van der Waals surface area contributed by atoms with Crippen molar-refractivity contribution < 1.29 is 14.3 Å². The molecule has 0 aliphatic rings. The molecule has 0 aliphatic heterocycles. The lowest BCUT2D eigenvalue weighted by atomic mass is 10.1. The average Bonchev–Trinajstić information content (AvgIpc) is 2.81. The fourth-order valence-corrected chi connectivity index (χ4v) is 1.88. The number of nitrogens with one attached hydrogen (secondary N) is 1. The van der Waals surface area contributed by atoms with Crippen molar-refractivity contribution in [2.24, 2.45) is 0 Å². The van der Waals surface area contributed by atoms with Gasteiger partial charge in [0.15, 0.2) is 0 Å². The third kappa shape index (κ3) is 3.96. The van der Waals surface area contributed by atoms with Gasteiger partial charge < -0.3 is 14.8 Å². The molecule has 0 saturated heterocycles. The predicted octanol–water partition coefficient (Wildman–Crippen LogP) is 2.62. The highest BCUT2D eigenvalue weighted by atomic mass is 16.4. The lowest BCUT2D eigenvalue weighted by Gasteiger charge is -2.04. The van der Waals surface area contributed by atoms with Gasteiger partial charge in [0.1, 0.15) is 11.5 Å². The van der Waals surface area contributed by atoms with E-state index in [-0.39, 0.29) is 0 Å². The van der Waals surface area contributed by atoms with Crippen molar-refractivity contribution >= 4 is 5.97 Å². The summed E-state index contributed by atoms with van der Waals surface area (Å²) in [6.07, 6.45) is 0.826. The Labute approximate surface area is 112 Å². The van der Waals surface area contributed by atoms with Gasteiger partial charge >= 0.3 is 5.97 Å². The van der Waals surface area contributed by atoms with Gasteiger partial charge in [0.2, 0.25) is 0 Å². The molecule has 0 spiro atoms. The Hall–Kier alpha value is -2.07. The molecule has 1 heterocycles. The van der Waals surface area contributed by atoms with Crippen molar-refractivity contribution in [3.8, 4) is 0 Å². The zero-order chi connectivity index (χ0) is 13.7. The van der Waals surface area contributed by atoms with Crippen LogP contribution in [0, 0.1) is 6.92 Å². The van der Waals surface area contributed by atoms with E-state index in [1.807, 2.05) is 25.1 Å². The van der Waals surface area contributed by atoms with Crippen LogP contribution in [0.2, 0.25) is 0 Å². The third-order valence-corrected chi connectivity index (χ3v) is 2.85. The van der Waals surface area contributed by atoms with Gasteiger partial charge in [-0.2, -0.15) is 0 Å². The molecule has 2 rings (SSSR count). The normalized spacial score (nSPS) is 10.6. The second-order valence-corrected chi connectivity index (χ2v) is 4.44. The van der Waals surface area contributed by atoms with Crippen LogP contribution in [0.25, 0.3) is 0 Å². The van der Waals surface area contributed by atoms with Gasteiger partial charge in [0, 0.05) is 19.5 Å². The summed E-state index contributed by atoms with van der Waals surface area (Å²) in [6, 6.07) is 10.9. The highest BCUT2D eigenvalue weighted by molar-refractivity contribution is 5.87. The summed E-state index contributed by atoms with van der Waals surface area (Å²) in [5.41, 5.74) is 1.29. The van der Waals surface area contributed by atoms with Crippen LogP contribution in [0.1, 0.15) is 27.4 Å². The maximum absolute atomic E-state index is 10.8. The predicted molar refractivity (Wildman–Crippen MR) is 72.3 cm³/mol. The molecule has 0 saturated carbocycles. The van der Waals surface area contributed by atoms with Crippen molar-refractivity contribution in [2.45, 2.75) is 19.9 Å². The highest BCUT2D eigenvalue weighted by Crippen LogP contribution is 2.07. The zero-order valence-electron chi connectivity index (χ0n) is 10.8. The lowest BCUT2D eigenvalue weighted by Crippen LogP contribution is -2.16. The first-order valence-electron chi connectivity index (χ1n) is 6.23. The molecular formula is C15H17NO3. The Balaban J connectivity index is 1.79. The molecule has 1 aromatic heterocycles. The Morgan fingerprint density at radius 3 is 2.84 bits per heavy atom. The van der Waals surface area contributed by atoms with E-state index in [4.69, 9.17) is 9.52 Å². The van der Waals surface area contributed by atoms with Gasteiger partial charge in [0.25, 0.3) is 0 Å². The smallest absolute Gasteiger partial charge is 0.335 e. The number of aromatic carboxylic acids is 1. The fraction of sp³-hybridized carbons (Fsp3) is 0.267. The number of carboxylic acids is 1. The fourth-order valence-electron chi connectivity index (χ4n) is 1.88. The molecule has 2 aromatic rings. The lowest BCUT2D eigenvalue weighted by molar-refractivity contribution is 0.0696. The standard InChI is InChI=1S/C15H17NO3/c1-11-5-6-14(19-11)7-8-16-10-12-3-2-4-13(9-12)15(17)18/h2-6,9,16H,7-8,10H2,1H3,(H,17,18). The van der Waals surface area contributed by atoms with Crippen LogP contribution in [0.5, 0.6) is 0 Å². The Bertz CT molecular complexity index is 560. The topological polar surface area (TPSA) is 62.5 Å². The van der Waals surface area contributed by atoms with E-state index in [9.17, 15) is 4.79 Å². The minimum atomic E-state index is -0.895. The van der Waals surface area contributed by atoms with Gasteiger partial charge in [-0.1, -0.05) is 12.1 Å². The summed E-state index contributed by atoms with van der Waals surface area (Å²) in [4.78, 5) is 10.8. The molecule has 4 nitrogen and oxygen atoms in total. The Kier molecular flexibility index (Phi) is 4.36. The molecule has 0 radical (unpaired) electrons. The highest BCUT2D eigenvalue weighted by Gasteiger charge is 2.03. The van der Waals surface area contributed by atoms with Gasteiger partial charge in [-0.05, 0) is 36.8 Å². The number of hydrogen-bond donors (Lipinski definition) is 2. The van der Waals surface area contributed by atoms with Gasteiger partial charge in [-0.3, -0.25) is 0 Å². The first kappa shape index (κ1) is 13.4. The molecule has 19 heavy (non-hydrogen) atoms. The van der Waals surface area contributed by atoms with Crippen LogP contribution in [-0.4, -0.2) is 17.6 Å².